The van der Waals surface area contributed by atoms with Crippen LogP contribution < -0.4 is 4.74 Å². The largest absolute Gasteiger partial charge is 0.417 e. The Morgan fingerprint density at radius 3 is 2.22 bits per heavy atom. The average molecular weight is 345 g/mol. The van der Waals surface area contributed by atoms with Crippen LogP contribution in [0.4, 0.5) is 17.6 Å². The van der Waals surface area contributed by atoms with Crippen molar-refractivity contribution in [2.24, 2.45) is 0 Å². The number of halogens is 5. The molecule has 2 nitrogen and oxygen atoms in total. The van der Waals surface area contributed by atoms with Crippen molar-refractivity contribution < 1.29 is 27.1 Å². The van der Waals surface area contributed by atoms with E-state index in [1.54, 1.807) is 24.3 Å². The van der Waals surface area contributed by atoms with Gasteiger partial charge in [-0.1, -0.05) is 23.7 Å². The quantitative estimate of drug-likeness (QED) is 0.199. The summed E-state index contributed by atoms with van der Waals surface area (Å²) in [5, 5.41) is 0.492. The van der Waals surface area contributed by atoms with E-state index in [0.717, 1.165) is 13.0 Å². The molecule has 0 aliphatic heterocycles. The number of hydrogen-bond acceptors (Lipinski definition) is 2. The van der Waals surface area contributed by atoms with E-state index in [2.05, 4.69) is 4.74 Å². The Hall–Kier alpha value is -2.34. The van der Waals surface area contributed by atoms with E-state index in [1.807, 2.05) is 0 Å². The van der Waals surface area contributed by atoms with Gasteiger partial charge >= 0.3 is 5.97 Å². The van der Waals surface area contributed by atoms with Gasteiger partial charge in [-0.2, -0.15) is 4.39 Å². The summed E-state index contributed by atoms with van der Waals surface area (Å²) in [6.45, 7) is 0.897. The predicted molar refractivity (Wildman–Crippen MR) is 77.1 cm³/mol. The maximum atomic E-state index is 13.7. The Labute approximate surface area is 133 Å². The molecule has 0 spiro atoms. The van der Waals surface area contributed by atoms with Gasteiger partial charge in [-0.3, -0.25) is 0 Å². The fourth-order valence-electron chi connectivity index (χ4n) is 1.69. The molecule has 0 bridgehead atoms. The van der Waals surface area contributed by atoms with E-state index in [4.69, 9.17) is 11.6 Å². The molecule has 2 rings (SSSR count). The third kappa shape index (κ3) is 3.71. The second-order valence-corrected chi connectivity index (χ2v) is 4.95. The van der Waals surface area contributed by atoms with E-state index >= 15 is 0 Å². The summed E-state index contributed by atoms with van der Waals surface area (Å²) in [7, 11) is 0. The zero-order chi connectivity index (χ0) is 17.1. The van der Waals surface area contributed by atoms with Gasteiger partial charge in [-0.25, -0.2) is 18.0 Å². The molecule has 0 unspecified atom stereocenters. The van der Waals surface area contributed by atoms with Crippen LogP contribution in [0.3, 0.4) is 0 Å². The lowest BCUT2D eigenvalue weighted by Crippen LogP contribution is -2.10. The molecule has 2 aromatic rings. The van der Waals surface area contributed by atoms with E-state index in [9.17, 15) is 22.4 Å². The third-order valence-corrected chi connectivity index (χ3v) is 3.18. The van der Waals surface area contributed by atoms with Crippen molar-refractivity contribution in [2.45, 2.75) is 6.92 Å². The summed E-state index contributed by atoms with van der Waals surface area (Å²) in [6, 6.07) is 6.33. The highest BCUT2D eigenvalue weighted by atomic mass is 35.5. The lowest BCUT2D eigenvalue weighted by atomic mass is 10.2. The summed E-state index contributed by atoms with van der Waals surface area (Å²) in [5.41, 5.74) is -0.206. The van der Waals surface area contributed by atoms with Crippen LogP contribution >= 0.6 is 11.6 Å². The van der Waals surface area contributed by atoms with Crippen LogP contribution in [-0.2, 0) is 4.79 Å². The minimum Gasteiger partial charge on any atom is -0.417 e. The molecular formula is C16H9ClF4O2. The number of esters is 1. The Kier molecular flexibility index (Phi) is 5.05. The Morgan fingerprint density at radius 2 is 1.61 bits per heavy atom. The maximum Gasteiger partial charge on any atom is 0.336 e. The molecule has 0 aliphatic rings. The summed E-state index contributed by atoms with van der Waals surface area (Å²) >= 11 is 5.69. The van der Waals surface area contributed by atoms with Crippen molar-refractivity contribution in [2.75, 3.05) is 0 Å². The molecule has 0 atom stereocenters. The Bertz CT molecular complexity index is 757. The van der Waals surface area contributed by atoms with Gasteiger partial charge in [-0.05, 0) is 30.7 Å². The molecule has 0 fully saturated rings. The number of rotatable bonds is 3. The van der Waals surface area contributed by atoms with Crippen molar-refractivity contribution in [3.8, 4) is 5.75 Å². The average Bonchev–Trinajstić information content (AvgIpc) is 2.54. The number of benzene rings is 2. The molecule has 0 aromatic heterocycles. The standard InChI is InChI=1S/C16H9ClF4O2/c1-8-12(18)14(20)15(21)16(13(8)19)23-11(22)7-4-9-2-5-10(17)6-3-9/h2-7H,1H3/b7-4+. The summed E-state index contributed by atoms with van der Waals surface area (Å²) in [4.78, 5) is 11.6. The summed E-state index contributed by atoms with van der Waals surface area (Å²) < 4.78 is 58.0. The van der Waals surface area contributed by atoms with Crippen molar-refractivity contribution >= 4 is 23.6 Å². The van der Waals surface area contributed by atoms with Crippen molar-refractivity contribution in [1.82, 2.24) is 0 Å². The molecule has 0 amide bonds. The minimum absolute atomic E-state index is 0.492. The van der Waals surface area contributed by atoms with Gasteiger partial charge in [0.1, 0.15) is 0 Å². The minimum atomic E-state index is -1.91. The van der Waals surface area contributed by atoms with E-state index < -0.39 is 40.6 Å². The van der Waals surface area contributed by atoms with E-state index in [-0.39, 0.29) is 0 Å². The van der Waals surface area contributed by atoms with Crippen LogP contribution in [0.5, 0.6) is 5.75 Å². The van der Waals surface area contributed by atoms with Crippen molar-refractivity contribution in [3.05, 3.63) is 69.8 Å². The lowest BCUT2D eigenvalue weighted by molar-refractivity contribution is -0.129. The monoisotopic (exact) mass is 344 g/mol. The van der Waals surface area contributed by atoms with Crippen LogP contribution in [0.1, 0.15) is 11.1 Å². The highest BCUT2D eigenvalue weighted by molar-refractivity contribution is 6.30. The first-order valence-electron chi connectivity index (χ1n) is 6.29. The second-order valence-electron chi connectivity index (χ2n) is 4.52. The predicted octanol–water partition coefficient (Wildman–Crippen LogP) is 4.82. The van der Waals surface area contributed by atoms with Gasteiger partial charge in [0.05, 0.1) is 0 Å². The summed E-state index contributed by atoms with van der Waals surface area (Å²) in [6.07, 6.45) is 2.19. The molecular weight excluding hydrogens is 336 g/mol. The lowest BCUT2D eigenvalue weighted by Gasteiger charge is -2.08. The molecule has 0 saturated carbocycles. The molecule has 2 aromatic carbocycles. The molecule has 0 aliphatic carbocycles. The molecule has 0 saturated heterocycles. The van der Waals surface area contributed by atoms with E-state index in [0.29, 0.717) is 10.6 Å². The Balaban J connectivity index is 2.22. The van der Waals surface area contributed by atoms with E-state index in [1.165, 1.54) is 6.08 Å². The topological polar surface area (TPSA) is 26.3 Å². The van der Waals surface area contributed by atoms with Crippen LogP contribution in [-0.4, -0.2) is 5.97 Å². The number of carbonyl (C=O) groups excluding carboxylic acids is 1. The Morgan fingerprint density at radius 1 is 1.00 bits per heavy atom. The molecule has 7 heteroatoms. The highest BCUT2D eigenvalue weighted by Gasteiger charge is 2.25. The van der Waals surface area contributed by atoms with Crippen LogP contribution in [0.2, 0.25) is 5.02 Å². The number of ether oxygens (including phenoxy) is 1. The smallest absolute Gasteiger partial charge is 0.336 e. The fourth-order valence-corrected chi connectivity index (χ4v) is 1.81. The van der Waals surface area contributed by atoms with Crippen molar-refractivity contribution in [3.63, 3.8) is 0 Å². The first kappa shape index (κ1) is 17.0. The molecule has 23 heavy (non-hydrogen) atoms. The zero-order valence-corrected chi connectivity index (χ0v) is 12.4. The number of carbonyl (C=O) groups is 1. The maximum absolute atomic E-state index is 13.7. The molecule has 0 radical (unpaired) electrons. The van der Waals surface area contributed by atoms with Gasteiger partial charge in [0.15, 0.2) is 17.5 Å². The van der Waals surface area contributed by atoms with Crippen LogP contribution in [0.15, 0.2) is 30.3 Å². The SMILES string of the molecule is Cc1c(F)c(F)c(F)c(OC(=O)/C=C/c2ccc(Cl)cc2)c1F. The van der Waals surface area contributed by atoms with Gasteiger partial charge in [0.2, 0.25) is 11.6 Å². The second kappa shape index (κ2) is 6.83. The van der Waals surface area contributed by atoms with Gasteiger partial charge < -0.3 is 4.74 Å². The third-order valence-electron chi connectivity index (χ3n) is 2.93. The van der Waals surface area contributed by atoms with Gasteiger partial charge in [0, 0.05) is 16.7 Å². The van der Waals surface area contributed by atoms with Crippen molar-refractivity contribution in [1.29, 1.82) is 0 Å². The zero-order valence-electron chi connectivity index (χ0n) is 11.7. The normalized spacial score (nSPS) is 11.0. The van der Waals surface area contributed by atoms with Crippen LogP contribution in [0, 0.1) is 30.2 Å². The highest BCUT2D eigenvalue weighted by Crippen LogP contribution is 2.29. The van der Waals surface area contributed by atoms with Gasteiger partial charge in [0.25, 0.3) is 0 Å². The molecule has 0 N–H and O–H groups in total. The first-order valence-corrected chi connectivity index (χ1v) is 6.67. The first-order chi connectivity index (χ1) is 10.8. The number of hydrogen-bond donors (Lipinski definition) is 0. The van der Waals surface area contributed by atoms with Gasteiger partial charge in [-0.15, -0.1) is 0 Å². The van der Waals surface area contributed by atoms with Crippen LogP contribution in [0.25, 0.3) is 6.08 Å². The summed E-state index contributed by atoms with van der Waals surface area (Å²) in [5.74, 6) is -9.39. The fraction of sp³-hybridized carbons (Fsp3) is 0.0625. The molecule has 120 valence electrons. The molecule has 0 heterocycles.